The predicted molar refractivity (Wildman–Crippen MR) is 49.6 cm³/mol. The topological polar surface area (TPSA) is 41.1 Å². The van der Waals surface area contributed by atoms with Crippen LogP contribution in [0.25, 0.3) is 0 Å². The first-order valence-electron chi connectivity index (χ1n) is 3.90. The minimum Gasteiger partial charge on any atom is -0.358 e. The Morgan fingerprint density at radius 1 is 1.58 bits per heavy atom. The third-order valence-corrected chi connectivity index (χ3v) is 1.62. The molecule has 0 aliphatic carbocycles. The molecule has 0 saturated carbocycles. The van der Waals surface area contributed by atoms with Crippen molar-refractivity contribution in [2.24, 2.45) is 0 Å². The summed E-state index contributed by atoms with van der Waals surface area (Å²) < 4.78 is 0. The minimum atomic E-state index is -0.611. The van der Waals surface area contributed by atoms with Crippen molar-refractivity contribution in [3.8, 4) is 12.3 Å². The van der Waals surface area contributed by atoms with Gasteiger partial charge >= 0.3 is 0 Å². The lowest BCUT2D eigenvalue weighted by Crippen LogP contribution is -2.54. The molecule has 0 rings (SSSR count). The van der Waals surface area contributed by atoms with E-state index in [4.69, 9.17) is 6.42 Å². The molecule has 3 nitrogen and oxygen atoms in total. The monoisotopic (exact) mass is 168 g/mol. The normalized spacial score (nSPS) is 13.2. The van der Waals surface area contributed by atoms with Gasteiger partial charge in [-0.25, -0.2) is 0 Å². The molecule has 0 spiro atoms. The van der Waals surface area contributed by atoms with Gasteiger partial charge in [-0.2, -0.15) is 0 Å². The van der Waals surface area contributed by atoms with Gasteiger partial charge < -0.3 is 5.32 Å². The van der Waals surface area contributed by atoms with Crippen LogP contribution in [-0.2, 0) is 4.79 Å². The summed E-state index contributed by atoms with van der Waals surface area (Å²) >= 11 is 0. The summed E-state index contributed by atoms with van der Waals surface area (Å²) in [6.07, 6.45) is 5.18. The van der Waals surface area contributed by atoms with E-state index >= 15 is 0 Å². The summed E-state index contributed by atoms with van der Waals surface area (Å²) in [6.45, 7) is 5.42. The average molecular weight is 168 g/mol. The van der Waals surface area contributed by atoms with Gasteiger partial charge in [-0.3, -0.25) is 10.1 Å². The molecular formula is C9H16N2O. The molecule has 0 saturated heterocycles. The Labute approximate surface area is 73.9 Å². The van der Waals surface area contributed by atoms with E-state index in [0.717, 1.165) is 0 Å². The third-order valence-electron chi connectivity index (χ3n) is 1.62. The van der Waals surface area contributed by atoms with Crippen LogP contribution in [0.4, 0.5) is 0 Å². The lowest BCUT2D eigenvalue weighted by atomic mass is 10.0. The van der Waals surface area contributed by atoms with E-state index in [9.17, 15) is 4.79 Å². The van der Waals surface area contributed by atoms with Gasteiger partial charge in [0.05, 0.1) is 11.6 Å². The summed E-state index contributed by atoms with van der Waals surface area (Å²) in [4.78, 5) is 11.2. The van der Waals surface area contributed by atoms with E-state index in [2.05, 4.69) is 16.6 Å². The first-order chi connectivity index (χ1) is 5.44. The van der Waals surface area contributed by atoms with E-state index in [1.54, 1.807) is 20.9 Å². The van der Waals surface area contributed by atoms with Crippen molar-refractivity contribution in [1.82, 2.24) is 10.6 Å². The summed E-state index contributed by atoms with van der Waals surface area (Å²) in [5.41, 5.74) is -0.611. The van der Waals surface area contributed by atoms with Crippen molar-refractivity contribution < 1.29 is 4.79 Å². The van der Waals surface area contributed by atoms with E-state index in [1.807, 2.05) is 6.92 Å². The number of rotatable bonds is 3. The van der Waals surface area contributed by atoms with E-state index in [0.29, 0.717) is 0 Å². The van der Waals surface area contributed by atoms with Crippen molar-refractivity contribution >= 4 is 5.91 Å². The summed E-state index contributed by atoms with van der Waals surface area (Å²) in [6, 6.07) is -0.0997. The zero-order valence-electron chi connectivity index (χ0n) is 8.06. The van der Waals surface area contributed by atoms with Gasteiger partial charge in [-0.1, -0.05) is 5.92 Å². The molecule has 0 heterocycles. The molecule has 1 amide bonds. The van der Waals surface area contributed by atoms with Crippen LogP contribution in [0.15, 0.2) is 0 Å². The van der Waals surface area contributed by atoms with E-state index < -0.39 is 5.54 Å². The number of terminal acetylenes is 1. The first-order valence-corrected chi connectivity index (χ1v) is 3.90. The van der Waals surface area contributed by atoms with Crippen LogP contribution in [0.1, 0.15) is 20.8 Å². The Kier molecular flexibility index (Phi) is 3.78. The molecule has 3 heteroatoms. The highest BCUT2D eigenvalue weighted by Crippen LogP contribution is 2.02. The molecule has 0 aromatic heterocycles. The number of amides is 1. The molecule has 0 aliphatic rings. The molecule has 0 fully saturated rings. The molecule has 68 valence electrons. The highest BCUT2D eigenvalue weighted by atomic mass is 16.2. The maximum atomic E-state index is 11.2. The Bertz CT molecular complexity index is 203. The smallest absolute Gasteiger partial charge is 0.239 e. The maximum absolute atomic E-state index is 11.2. The number of carbonyl (C=O) groups is 1. The van der Waals surface area contributed by atoms with Crippen LogP contribution in [-0.4, -0.2) is 24.5 Å². The van der Waals surface area contributed by atoms with Gasteiger partial charge in [0.25, 0.3) is 0 Å². The summed E-state index contributed by atoms with van der Waals surface area (Å²) in [7, 11) is 1.60. The van der Waals surface area contributed by atoms with Crippen molar-refractivity contribution in [3.63, 3.8) is 0 Å². The molecule has 0 aliphatic heterocycles. The largest absolute Gasteiger partial charge is 0.358 e. The molecule has 0 aromatic carbocycles. The Morgan fingerprint density at radius 3 is 2.42 bits per heavy atom. The van der Waals surface area contributed by atoms with E-state index in [1.165, 1.54) is 0 Å². The molecular weight excluding hydrogens is 152 g/mol. The van der Waals surface area contributed by atoms with Crippen LogP contribution in [0, 0.1) is 12.3 Å². The van der Waals surface area contributed by atoms with Crippen LogP contribution < -0.4 is 10.6 Å². The fraction of sp³-hybridized carbons (Fsp3) is 0.667. The summed E-state index contributed by atoms with van der Waals surface area (Å²) in [5, 5.41) is 5.57. The molecule has 0 bridgehead atoms. The third kappa shape index (κ3) is 2.93. The zero-order valence-corrected chi connectivity index (χ0v) is 8.06. The van der Waals surface area contributed by atoms with Gasteiger partial charge in [0.2, 0.25) is 5.91 Å². The lowest BCUT2D eigenvalue weighted by molar-refractivity contribution is -0.126. The number of hydrogen-bond donors (Lipinski definition) is 2. The second kappa shape index (κ2) is 4.13. The fourth-order valence-electron chi connectivity index (χ4n) is 0.961. The molecule has 0 radical (unpaired) electrons. The van der Waals surface area contributed by atoms with Crippen molar-refractivity contribution in [1.29, 1.82) is 0 Å². The molecule has 12 heavy (non-hydrogen) atoms. The Balaban J connectivity index is 4.24. The number of hydrogen-bond acceptors (Lipinski definition) is 2. The van der Waals surface area contributed by atoms with E-state index in [-0.39, 0.29) is 11.9 Å². The quantitative estimate of drug-likeness (QED) is 0.588. The van der Waals surface area contributed by atoms with Gasteiger partial charge in [0.15, 0.2) is 0 Å². The fourth-order valence-corrected chi connectivity index (χ4v) is 0.961. The molecule has 0 aromatic rings. The van der Waals surface area contributed by atoms with Gasteiger partial charge in [-0.05, 0) is 20.8 Å². The molecule has 1 unspecified atom stereocenters. The predicted octanol–water partition coefficient (Wildman–Crippen LogP) is 0.122. The minimum absolute atomic E-state index is 0.0652. The van der Waals surface area contributed by atoms with Crippen LogP contribution in [0.5, 0.6) is 0 Å². The Morgan fingerprint density at radius 2 is 2.08 bits per heavy atom. The van der Waals surface area contributed by atoms with Gasteiger partial charge in [0.1, 0.15) is 0 Å². The molecule has 2 N–H and O–H groups in total. The standard InChI is InChI=1S/C9H16N2O/c1-6-7(2)11-9(3,4)8(12)10-5/h1,7,11H,2-5H3,(H,10,12). The van der Waals surface area contributed by atoms with Crippen LogP contribution >= 0.6 is 0 Å². The summed E-state index contributed by atoms with van der Waals surface area (Å²) in [5.74, 6) is 2.44. The average Bonchev–Trinajstić information content (AvgIpc) is 2.02. The van der Waals surface area contributed by atoms with Crippen molar-refractivity contribution in [3.05, 3.63) is 0 Å². The van der Waals surface area contributed by atoms with Crippen molar-refractivity contribution in [2.45, 2.75) is 32.4 Å². The van der Waals surface area contributed by atoms with Crippen LogP contribution in [0.2, 0.25) is 0 Å². The lowest BCUT2D eigenvalue weighted by Gasteiger charge is -2.26. The zero-order chi connectivity index (χ0) is 9.78. The SMILES string of the molecule is C#CC(C)NC(C)(C)C(=O)NC. The number of carbonyl (C=O) groups excluding carboxylic acids is 1. The van der Waals surface area contributed by atoms with Gasteiger partial charge in [0, 0.05) is 7.05 Å². The second-order valence-corrected chi connectivity index (χ2v) is 3.24. The highest BCUT2D eigenvalue weighted by molar-refractivity contribution is 5.85. The first kappa shape index (κ1) is 11.0. The van der Waals surface area contributed by atoms with Crippen molar-refractivity contribution in [2.75, 3.05) is 7.05 Å². The van der Waals surface area contributed by atoms with Crippen LogP contribution in [0.3, 0.4) is 0 Å². The molecule has 1 atom stereocenters. The van der Waals surface area contributed by atoms with Gasteiger partial charge in [-0.15, -0.1) is 6.42 Å². The number of nitrogens with one attached hydrogen (secondary N) is 2. The highest BCUT2D eigenvalue weighted by Gasteiger charge is 2.26. The maximum Gasteiger partial charge on any atom is 0.239 e. The second-order valence-electron chi connectivity index (χ2n) is 3.24. The Hall–Kier alpha value is -1.01. The number of likely N-dealkylation sites (N-methyl/N-ethyl adjacent to an activating group) is 1.